The minimum atomic E-state index is -0.192. The second-order valence-electron chi connectivity index (χ2n) is 5.06. The summed E-state index contributed by atoms with van der Waals surface area (Å²) in [5.41, 5.74) is 3.41. The van der Waals surface area contributed by atoms with Crippen molar-refractivity contribution in [2.75, 3.05) is 5.32 Å². The lowest BCUT2D eigenvalue weighted by Crippen LogP contribution is -2.26. The number of nitrogens with one attached hydrogen (secondary N) is 1. The molecule has 0 unspecified atom stereocenters. The first-order chi connectivity index (χ1) is 8.88. The molecule has 2 aromatic rings. The standard InChI is InChI=1S/C14H17BrN2OS/c1-7(2)12(15)13(18)17-14-16-10-5-8(3)9(4)6-11(10)19-14/h5-7,12H,1-4H3,(H,16,17,18)/t12-/m0/s1. The van der Waals surface area contributed by atoms with Crippen LogP contribution < -0.4 is 5.32 Å². The largest absolute Gasteiger partial charge is 0.301 e. The number of alkyl halides is 1. The number of amides is 1. The summed E-state index contributed by atoms with van der Waals surface area (Å²) in [7, 11) is 0. The van der Waals surface area contributed by atoms with Gasteiger partial charge in [-0.15, -0.1) is 0 Å². The van der Waals surface area contributed by atoms with Crippen molar-refractivity contribution >= 4 is 48.5 Å². The normalized spacial score (nSPS) is 12.9. The highest BCUT2D eigenvalue weighted by atomic mass is 79.9. The number of benzene rings is 1. The fourth-order valence-corrected chi connectivity index (χ4v) is 2.77. The Bertz CT molecular complexity index is 582. The Kier molecular flexibility index (Phi) is 4.26. The number of anilines is 1. The van der Waals surface area contributed by atoms with Crippen LogP contribution in [0.2, 0.25) is 0 Å². The molecule has 2 rings (SSSR count). The molecule has 1 aromatic carbocycles. The van der Waals surface area contributed by atoms with Gasteiger partial charge in [0.15, 0.2) is 5.13 Å². The van der Waals surface area contributed by atoms with Crippen molar-refractivity contribution in [3.8, 4) is 0 Å². The molecule has 1 aromatic heterocycles. The maximum Gasteiger partial charge on any atom is 0.240 e. The molecular formula is C14H17BrN2OS. The highest BCUT2D eigenvalue weighted by molar-refractivity contribution is 9.10. The van der Waals surface area contributed by atoms with E-state index in [1.165, 1.54) is 22.5 Å². The van der Waals surface area contributed by atoms with Gasteiger partial charge in [-0.3, -0.25) is 4.79 Å². The van der Waals surface area contributed by atoms with Crippen LogP contribution in [0.15, 0.2) is 12.1 Å². The molecular weight excluding hydrogens is 324 g/mol. The highest BCUT2D eigenvalue weighted by Crippen LogP contribution is 2.28. The highest BCUT2D eigenvalue weighted by Gasteiger charge is 2.19. The fraction of sp³-hybridized carbons (Fsp3) is 0.429. The fourth-order valence-electron chi connectivity index (χ4n) is 1.71. The van der Waals surface area contributed by atoms with Crippen LogP contribution in [0, 0.1) is 19.8 Å². The smallest absolute Gasteiger partial charge is 0.240 e. The summed E-state index contributed by atoms with van der Waals surface area (Å²) in [5.74, 6) is 0.210. The zero-order chi connectivity index (χ0) is 14.2. The van der Waals surface area contributed by atoms with Crippen molar-refractivity contribution in [1.29, 1.82) is 0 Å². The molecule has 0 bridgehead atoms. The minimum Gasteiger partial charge on any atom is -0.301 e. The summed E-state index contributed by atoms with van der Waals surface area (Å²) in [6, 6.07) is 4.18. The molecule has 0 radical (unpaired) electrons. The molecule has 1 atom stereocenters. The number of halogens is 1. The molecule has 1 N–H and O–H groups in total. The van der Waals surface area contributed by atoms with E-state index in [2.05, 4.69) is 52.2 Å². The molecule has 1 amide bonds. The van der Waals surface area contributed by atoms with E-state index in [0.717, 1.165) is 10.2 Å². The number of aryl methyl sites for hydroxylation is 2. The van der Waals surface area contributed by atoms with Crippen LogP contribution in [-0.2, 0) is 4.79 Å². The molecule has 0 saturated carbocycles. The summed E-state index contributed by atoms with van der Waals surface area (Å²) in [4.78, 5) is 16.2. The Labute approximate surface area is 125 Å². The second kappa shape index (κ2) is 5.59. The first-order valence-electron chi connectivity index (χ1n) is 6.21. The summed E-state index contributed by atoms with van der Waals surface area (Å²) in [6.07, 6.45) is 0. The average molecular weight is 341 g/mol. The number of carbonyl (C=O) groups is 1. The molecule has 102 valence electrons. The van der Waals surface area contributed by atoms with Gasteiger partial charge in [0.2, 0.25) is 5.91 Å². The Morgan fingerprint density at radius 2 is 1.95 bits per heavy atom. The van der Waals surface area contributed by atoms with Gasteiger partial charge in [0.05, 0.1) is 15.0 Å². The second-order valence-corrected chi connectivity index (χ2v) is 7.08. The molecule has 3 nitrogen and oxygen atoms in total. The Morgan fingerprint density at radius 1 is 1.32 bits per heavy atom. The van der Waals surface area contributed by atoms with E-state index >= 15 is 0 Å². The number of aromatic nitrogens is 1. The van der Waals surface area contributed by atoms with Crippen LogP contribution in [0.3, 0.4) is 0 Å². The zero-order valence-corrected chi connectivity index (χ0v) is 13.9. The molecule has 0 aliphatic carbocycles. The SMILES string of the molecule is Cc1cc2nc(NC(=O)[C@@H](Br)C(C)C)sc2cc1C. The lowest BCUT2D eigenvalue weighted by atomic mass is 10.1. The third-order valence-corrected chi connectivity index (χ3v) is 5.48. The monoisotopic (exact) mass is 340 g/mol. The van der Waals surface area contributed by atoms with E-state index in [9.17, 15) is 4.79 Å². The minimum absolute atomic E-state index is 0.0394. The lowest BCUT2D eigenvalue weighted by molar-refractivity contribution is -0.116. The van der Waals surface area contributed by atoms with Crippen LogP contribution >= 0.6 is 27.3 Å². The van der Waals surface area contributed by atoms with E-state index in [4.69, 9.17) is 0 Å². The summed E-state index contributed by atoms with van der Waals surface area (Å²) < 4.78 is 1.11. The van der Waals surface area contributed by atoms with Crippen LogP contribution in [0.25, 0.3) is 10.2 Å². The quantitative estimate of drug-likeness (QED) is 0.847. The van der Waals surface area contributed by atoms with Gasteiger partial charge < -0.3 is 5.32 Å². The Hall–Kier alpha value is -0.940. The van der Waals surface area contributed by atoms with Gasteiger partial charge in [0, 0.05) is 0 Å². The first-order valence-corrected chi connectivity index (χ1v) is 7.94. The summed E-state index contributed by atoms with van der Waals surface area (Å²) in [5, 5.41) is 3.54. The number of hydrogen-bond acceptors (Lipinski definition) is 3. The number of hydrogen-bond donors (Lipinski definition) is 1. The predicted octanol–water partition coefficient (Wildman–Crippen LogP) is 4.27. The first kappa shape index (κ1) is 14.5. The van der Waals surface area contributed by atoms with Gasteiger partial charge in [-0.2, -0.15) is 0 Å². The average Bonchev–Trinajstić information content (AvgIpc) is 2.69. The molecule has 0 saturated heterocycles. The van der Waals surface area contributed by atoms with Crippen molar-refractivity contribution in [1.82, 2.24) is 4.98 Å². The Morgan fingerprint density at radius 3 is 2.58 bits per heavy atom. The molecule has 0 aliphatic heterocycles. The van der Waals surface area contributed by atoms with Gasteiger partial charge in [-0.1, -0.05) is 41.1 Å². The third kappa shape index (κ3) is 3.15. The molecule has 0 fully saturated rings. The van der Waals surface area contributed by atoms with Gasteiger partial charge in [0.25, 0.3) is 0 Å². The van der Waals surface area contributed by atoms with E-state index in [1.54, 1.807) is 0 Å². The van der Waals surface area contributed by atoms with Crippen LogP contribution in [0.5, 0.6) is 0 Å². The molecule has 0 aliphatic rings. The Balaban J connectivity index is 2.25. The van der Waals surface area contributed by atoms with E-state index in [0.29, 0.717) is 5.13 Å². The van der Waals surface area contributed by atoms with Crippen molar-refractivity contribution in [3.05, 3.63) is 23.3 Å². The zero-order valence-electron chi connectivity index (χ0n) is 11.5. The third-order valence-electron chi connectivity index (χ3n) is 3.07. The number of carbonyl (C=O) groups excluding carboxylic acids is 1. The number of nitrogens with zero attached hydrogens (tertiary/aromatic N) is 1. The lowest BCUT2D eigenvalue weighted by Gasteiger charge is -2.11. The van der Waals surface area contributed by atoms with Gasteiger partial charge in [-0.25, -0.2) is 4.98 Å². The van der Waals surface area contributed by atoms with Crippen LogP contribution in [0.1, 0.15) is 25.0 Å². The van der Waals surface area contributed by atoms with Crippen molar-refractivity contribution in [2.24, 2.45) is 5.92 Å². The maximum absolute atomic E-state index is 12.0. The van der Waals surface area contributed by atoms with Gasteiger partial charge in [-0.05, 0) is 43.0 Å². The van der Waals surface area contributed by atoms with E-state index in [1.807, 2.05) is 13.8 Å². The number of rotatable bonds is 3. The van der Waals surface area contributed by atoms with Crippen molar-refractivity contribution in [2.45, 2.75) is 32.5 Å². The number of thiazole rings is 1. The van der Waals surface area contributed by atoms with Crippen LogP contribution in [0.4, 0.5) is 5.13 Å². The number of fused-ring (bicyclic) bond motifs is 1. The maximum atomic E-state index is 12.0. The van der Waals surface area contributed by atoms with Crippen LogP contribution in [-0.4, -0.2) is 15.7 Å². The van der Waals surface area contributed by atoms with Gasteiger partial charge in [0.1, 0.15) is 0 Å². The molecule has 5 heteroatoms. The van der Waals surface area contributed by atoms with Gasteiger partial charge >= 0.3 is 0 Å². The summed E-state index contributed by atoms with van der Waals surface area (Å²) >= 11 is 4.91. The molecule has 1 heterocycles. The topological polar surface area (TPSA) is 42.0 Å². The predicted molar refractivity (Wildman–Crippen MR) is 85.3 cm³/mol. The molecule has 0 spiro atoms. The summed E-state index contributed by atoms with van der Waals surface area (Å²) in [6.45, 7) is 8.16. The van der Waals surface area contributed by atoms with E-state index < -0.39 is 0 Å². The van der Waals surface area contributed by atoms with Crippen molar-refractivity contribution < 1.29 is 4.79 Å². The molecule has 19 heavy (non-hydrogen) atoms. The van der Waals surface area contributed by atoms with E-state index in [-0.39, 0.29) is 16.7 Å². The van der Waals surface area contributed by atoms with Crippen molar-refractivity contribution in [3.63, 3.8) is 0 Å².